The van der Waals surface area contributed by atoms with Crippen LogP contribution in [0.3, 0.4) is 0 Å². The predicted molar refractivity (Wildman–Crippen MR) is 320 cm³/mol. The molecule has 5 heterocycles. The van der Waals surface area contributed by atoms with Crippen LogP contribution in [0.5, 0.6) is 0 Å². The van der Waals surface area contributed by atoms with Crippen molar-refractivity contribution in [3.05, 3.63) is 188 Å². The van der Waals surface area contributed by atoms with Crippen LogP contribution in [-0.2, 0) is 43.0 Å². The zero-order chi connectivity index (χ0) is 59.8. The van der Waals surface area contributed by atoms with Gasteiger partial charge in [0, 0.05) is 13.8 Å². The molecule has 0 bridgehead atoms. The van der Waals surface area contributed by atoms with Crippen LogP contribution in [-0.4, -0.2) is 78.9 Å². The molecule has 0 saturated carbocycles. The number of hydrogen-bond donors (Lipinski definition) is 5. The second-order valence-electron chi connectivity index (χ2n) is 21.3. The van der Waals surface area contributed by atoms with E-state index in [1.165, 1.54) is 13.8 Å². The van der Waals surface area contributed by atoms with Gasteiger partial charge in [-0.3, -0.25) is 85.7 Å². The smallest absolute Gasteiger partial charge is 0.302 e. The quantitative estimate of drug-likeness (QED) is 0.0818. The summed E-state index contributed by atoms with van der Waals surface area (Å²) in [5, 5.41) is 9.39. The van der Waals surface area contributed by atoms with E-state index >= 15 is 0 Å². The van der Waals surface area contributed by atoms with Crippen molar-refractivity contribution in [3.63, 3.8) is 0 Å². The van der Waals surface area contributed by atoms with Crippen LogP contribution in [0.25, 0.3) is 0 Å². The van der Waals surface area contributed by atoms with E-state index in [9.17, 15) is 33.6 Å². The molecule has 5 saturated heterocycles. The minimum absolute atomic E-state index is 0.00212. The third-order valence-electron chi connectivity index (χ3n) is 15.3. The maximum absolute atomic E-state index is 12.4. The first-order chi connectivity index (χ1) is 39.8. The van der Waals surface area contributed by atoms with Crippen molar-refractivity contribution in [1.29, 1.82) is 0 Å². The number of hydrazine groups is 5. The Bertz CT molecular complexity index is 3040. The fourth-order valence-electron chi connectivity index (χ4n) is 9.66. The van der Waals surface area contributed by atoms with Gasteiger partial charge in [-0.05, 0) is 93.9 Å². The highest BCUT2D eigenvalue weighted by Crippen LogP contribution is 2.37. The molecule has 8 atom stereocenters. The molecule has 11 rings (SSSR count). The van der Waals surface area contributed by atoms with Crippen molar-refractivity contribution < 1.29 is 43.0 Å². The van der Waals surface area contributed by atoms with Crippen LogP contribution < -0.4 is 52.2 Å². The summed E-state index contributed by atoms with van der Waals surface area (Å²) < 4.78 is 9.96. The number of ether oxygens (including phenoxy) is 2. The summed E-state index contributed by atoms with van der Waals surface area (Å²) >= 11 is 0. The lowest BCUT2D eigenvalue weighted by Crippen LogP contribution is -2.46. The molecule has 19 nitrogen and oxygen atoms in total. The Morgan fingerprint density at radius 2 is 0.819 bits per heavy atom. The first kappa shape index (κ1) is 61.2. The number of esters is 2. The van der Waals surface area contributed by atoms with Crippen LogP contribution in [0, 0.1) is 29.6 Å². The van der Waals surface area contributed by atoms with Gasteiger partial charge in [-0.15, -0.1) is 0 Å². The molecule has 0 spiro atoms. The highest BCUT2D eigenvalue weighted by atomic mass is 16.5. The van der Waals surface area contributed by atoms with Gasteiger partial charge in [-0.25, -0.2) is 0 Å². The Balaban J connectivity index is 0.000000151. The number of para-hydroxylation sites is 5. The zero-order valence-electron chi connectivity index (χ0n) is 48.5. The van der Waals surface area contributed by atoms with E-state index in [0.717, 1.165) is 34.0 Å². The van der Waals surface area contributed by atoms with E-state index < -0.39 is 5.92 Å². The van der Waals surface area contributed by atoms with E-state index in [1.54, 1.807) is 5.01 Å². The van der Waals surface area contributed by atoms with Gasteiger partial charge >= 0.3 is 11.9 Å². The van der Waals surface area contributed by atoms with E-state index in [-0.39, 0.29) is 102 Å². The summed E-state index contributed by atoms with van der Waals surface area (Å²) in [7, 11) is 0. The molecule has 0 radical (unpaired) electrons. The topological polar surface area (TPSA) is 214 Å². The summed E-state index contributed by atoms with van der Waals surface area (Å²) in [6.07, 6.45) is 0. The monoisotopic (exact) mass is 1130 g/mol. The number of hydrogen-bond acceptors (Lipinski definition) is 14. The normalized spacial score (nSPS) is 22.8. The van der Waals surface area contributed by atoms with Gasteiger partial charge in [0.15, 0.2) is 0 Å². The van der Waals surface area contributed by atoms with Crippen LogP contribution in [0.1, 0.15) is 73.9 Å². The molecule has 5 fully saturated rings. The van der Waals surface area contributed by atoms with Gasteiger partial charge < -0.3 is 9.47 Å². The van der Waals surface area contributed by atoms with Crippen molar-refractivity contribution in [1.82, 2.24) is 27.1 Å². The number of rotatable bonds is 10. The molecule has 0 aromatic heterocycles. The van der Waals surface area contributed by atoms with Gasteiger partial charge in [0.1, 0.15) is 19.1 Å². The molecule has 6 aromatic carbocycles. The van der Waals surface area contributed by atoms with Crippen molar-refractivity contribution in [2.45, 2.75) is 86.0 Å². The number of anilines is 5. The van der Waals surface area contributed by atoms with E-state index in [1.807, 2.05) is 223 Å². The number of amides is 5. The molecule has 0 aliphatic carbocycles. The fraction of sp³-hybridized carbons (Fsp3) is 0.328. The lowest BCUT2D eigenvalue weighted by atomic mass is 9.90. The van der Waals surface area contributed by atoms with Crippen LogP contribution >= 0.6 is 0 Å². The first-order valence-electron chi connectivity index (χ1n) is 27.8. The number of carbonyl (C=O) groups excluding carboxylic acids is 7. The average Bonchev–Trinajstić information content (AvgIpc) is 3.77. The minimum Gasteiger partial charge on any atom is -0.465 e. The molecule has 19 heteroatoms. The maximum atomic E-state index is 12.4. The van der Waals surface area contributed by atoms with Crippen molar-refractivity contribution in [3.8, 4) is 0 Å². The van der Waals surface area contributed by atoms with Gasteiger partial charge in [0.2, 0.25) is 29.5 Å². The van der Waals surface area contributed by atoms with Crippen molar-refractivity contribution >= 4 is 69.9 Å². The first-order valence-corrected chi connectivity index (χ1v) is 27.8. The SMILES string of the molecule is CC(=O)OCC1C(=O)NN(c2ccccc2)C1c1ccccc1.CC(=O)OCC1CN(c2ccccc2)NC1=O.CC1C(=O)NN(c2ccccc2)C1(C)C.CC1C(=O)NN(c2ccccc2)C1C.CC1C(=O)NN(c2ccccc2)C1C. The third kappa shape index (κ3) is 15.5. The van der Waals surface area contributed by atoms with Gasteiger partial charge in [0.25, 0.3) is 0 Å². The third-order valence-corrected chi connectivity index (χ3v) is 15.3. The molecule has 5 amide bonds. The highest BCUT2D eigenvalue weighted by Gasteiger charge is 2.45. The zero-order valence-corrected chi connectivity index (χ0v) is 48.5. The Morgan fingerprint density at radius 3 is 1.20 bits per heavy atom. The Labute approximate surface area is 486 Å². The minimum atomic E-state index is -0.457. The van der Waals surface area contributed by atoms with E-state index in [2.05, 4.69) is 54.8 Å². The summed E-state index contributed by atoms with van der Waals surface area (Å²) in [5.41, 5.74) is 20.0. The highest BCUT2D eigenvalue weighted by molar-refractivity contribution is 5.88. The molecule has 6 aromatic rings. The fourth-order valence-corrected chi connectivity index (χ4v) is 9.66. The number of nitrogens with zero attached hydrogens (tertiary/aromatic N) is 5. The molecule has 8 unspecified atom stereocenters. The summed E-state index contributed by atoms with van der Waals surface area (Å²) in [6, 6.07) is 58.8. The second-order valence-corrected chi connectivity index (χ2v) is 21.3. The van der Waals surface area contributed by atoms with Crippen LogP contribution in [0.4, 0.5) is 28.4 Å². The summed E-state index contributed by atoms with van der Waals surface area (Å²) in [4.78, 5) is 80.3. The maximum Gasteiger partial charge on any atom is 0.302 e. The lowest BCUT2D eigenvalue weighted by Gasteiger charge is -2.33. The largest absolute Gasteiger partial charge is 0.465 e. The average molecular weight is 1130 g/mol. The Kier molecular flexibility index (Phi) is 20.9. The number of nitrogens with one attached hydrogen (secondary N) is 5. The standard InChI is InChI=1S/C18H18N2O3.C12H14N2O3.C12H16N2O.2C11H14N2O/c1-13(21)23-12-16-17(14-8-4-2-5-9-14)20(19-18(16)22)15-10-6-3-7-11-15;1-9(15)17-8-10-7-14(13-12(10)16)11-5-3-2-4-6-11;1-9-11(15)13-14(12(9,2)3)10-7-5-4-6-8-10;2*1-8-9(2)13(12-11(8)14)10-6-4-3-5-7-10/h2-11,16-17H,12H2,1H3,(H,19,22);2-6,10H,7-8H2,1H3,(H,13,16);4-9H,1-3H3,(H,13,15);2*3-9H,1-2H3,(H,12,14). The number of carbonyl (C=O) groups is 7. The molecule has 5 aliphatic rings. The second kappa shape index (κ2) is 28.3. The molecule has 5 aliphatic heterocycles. The van der Waals surface area contributed by atoms with E-state index in [4.69, 9.17) is 9.47 Å². The summed E-state index contributed by atoms with van der Waals surface area (Å²) in [6.45, 7) is 17.5. The van der Waals surface area contributed by atoms with Gasteiger partial charge in [0.05, 0.1) is 82.3 Å². The van der Waals surface area contributed by atoms with Crippen molar-refractivity contribution in [2.24, 2.45) is 29.6 Å². The van der Waals surface area contributed by atoms with Crippen molar-refractivity contribution in [2.75, 3.05) is 44.8 Å². The Hall–Kier alpha value is -9.39. The van der Waals surface area contributed by atoms with Crippen LogP contribution in [0.2, 0.25) is 0 Å². The predicted octanol–water partition coefficient (Wildman–Crippen LogP) is 8.25. The van der Waals surface area contributed by atoms with Gasteiger partial charge in [-0.2, -0.15) is 0 Å². The lowest BCUT2D eigenvalue weighted by molar-refractivity contribution is -0.144. The molecular weight excluding hydrogens is 1050 g/mol. The van der Waals surface area contributed by atoms with Gasteiger partial charge in [-0.1, -0.05) is 142 Å². The van der Waals surface area contributed by atoms with E-state index in [0.29, 0.717) is 6.54 Å². The summed E-state index contributed by atoms with van der Waals surface area (Å²) in [5.74, 6) is -1.40. The molecule has 436 valence electrons. The van der Waals surface area contributed by atoms with Crippen LogP contribution in [0.15, 0.2) is 182 Å². The Morgan fingerprint density at radius 1 is 0.446 bits per heavy atom. The molecule has 83 heavy (non-hydrogen) atoms. The number of benzene rings is 6. The molecular formula is C64H76N10O9. The molecule has 5 N–H and O–H groups in total.